The first-order valence-electron chi connectivity index (χ1n) is 7.06. The fourth-order valence-corrected chi connectivity index (χ4v) is 3.49. The highest BCUT2D eigenvalue weighted by Crippen LogP contribution is 2.31. The minimum Gasteiger partial charge on any atom is -0.371 e. The topological polar surface area (TPSA) is 27.0 Å². The van der Waals surface area contributed by atoms with Gasteiger partial charge in [0.2, 0.25) is 0 Å². The van der Waals surface area contributed by atoms with Crippen molar-refractivity contribution in [3.05, 3.63) is 28.2 Å². The van der Waals surface area contributed by atoms with Crippen molar-refractivity contribution in [1.29, 1.82) is 5.26 Å². The molecule has 19 heavy (non-hydrogen) atoms. The van der Waals surface area contributed by atoms with Gasteiger partial charge in [0.05, 0.1) is 17.3 Å². The second-order valence-corrected chi connectivity index (χ2v) is 6.55. The van der Waals surface area contributed by atoms with Crippen LogP contribution in [0.15, 0.2) is 22.7 Å². The average Bonchev–Trinajstić information content (AvgIpc) is 2.64. The smallest absolute Gasteiger partial charge is 0.0992 e. The van der Waals surface area contributed by atoms with Crippen molar-refractivity contribution in [3.8, 4) is 6.07 Å². The maximum atomic E-state index is 8.92. The normalized spacial score (nSPS) is 20.2. The largest absolute Gasteiger partial charge is 0.371 e. The van der Waals surface area contributed by atoms with Gasteiger partial charge in [0.1, 0.15) is 0 Å². The van der Waals surface area contributed by atoms with Crippen LogP contribution in [-0.4, -0.2) is 13.1 Å². The van der Waals surface area contributed by atoms with Crippen LogP contribution in [0.3, 0.4) is 0 Å². The first kappa shape index (κ1) is 14.4. The van der Waals surface area contributed by atoms with Crippen LogP contribution in [0, 0.1) is 23.2 Å². The Morgan fingerprint density at radius 1 is 1.32 bits per heavy atom. The van der Waals surface area contributed by atoms with Gasteiger partial charge in [-0.05, 0) is 65.2 Å². The zero-order valence-electron chi connectivity index (χ0n) is 11.7. The number of benzene rings is 1. The number of anilines is 1. The van der Waals surface area contributed by atoms with E-state index in [4.69, 9.17) is 5.26 Å². The molecule has 0 aliphatic carbocycles. The summed E-state index contributed by atoms with van der Waals surface area (Å²) in [5, 5.41) is 8.92. The van der Waals surface area contributed by atoms with E-state index in [0.29, 0.717) is 5.56 Å². The summed E-state index contributed by atoms with van der Waals surface area (Å²) in [5.41, 5.74) is 1.94. The van der Waals surface area contributed by atoms with Gasteiger partial charge in [-0.3, -0.25) is 0 Å². The van der Waals surface area contributed by atoms with E-state index in [-0.39, 0.29) is 0 Å². The van der Waals surface area contributed by atoms with E-state index in [2.05, 4.69) is 46.8 Å². The maximum absolute atomic E-state index is 8.92. The zero-order valence-corrected chi connectivity index (χ0v) is 13.3. The number of halogens is 1. The Morgan fingerprint density at radius 3 is 2.74 bits per heavy atom. The zero-order chi connectivity index (χ0) is 13.8. The first-order valence-corrected chi connectivity index (χ1v) is 7.85. The van der Waals surface area contributed by atoms with E-state index in [1.54, 1.807) is 0 Å². The molecule has 1 aliphatic rings. The van der Waals surface area contributed by atoms with Gasteiger partial charge in [-0.25, -0.2) is 0 Å². The van der Waals surface area contributed by atoms with Crippen LogP contribution in [0.5, 0.6) is 0 Å². The van der Waals surface area contributed by atoms with E-state index in [0.717, 1.165) is 29.4 Å². The molecule has 0 spiro atoms. The highest BCUT2D eigenvalue weighted by Gasteiger charge is 2.20. The fraction of sp³-hybridized carbons (Fsp3) is 0.562. The van der Waals surface area contributed by atoms with Crippen molar-refractivity contribution in [2.24, 2.45) is 11.8 Å². The number of hydrogen-bond acceptors (Lipinski definition) is 2. The molecular weight excluding hydrogens is 300 g/mol. The van der Waals surface area contributed by atoms with Crippen LogP contribution in [0.4, 0.5) is 5.69 Å². The molecule has 0 N–H and O–H groups in total. The molecule has 0 saturated carbocycles. The van der Waals surface area contributed by atoms with Crippen LogP contribution >= 0.6 is 15.9 Å². The number of nitrogens with zero attached hydrogens (tertiary/aromatic N) is 2. The van der Waals surface area contributed by atoms with Gasteiger partial charge < -0.3 is 4.90 Å². The second-order valence-electron chi connectivity index (χ2n) is 5.70. The highest BCUT2D eigenvalue weighted by atomic mass is 79.9. The van der Waals surface area contributed by atoms with Crippen molar-refractivity contribution >= 4 is 21.6 Å². The van der Waals surface area contributed by atoms with Crippen molar-refractivity contribution in [1.82, 2.24) is 0 Å². The van der Waals surface area contributed by atoms with Crippen molar-refractivity contribution in [2.45, 2.75) is 33.1 Å². The molecule has 1 aliphatic heterocycles. The van der Waals surface area contributed by atoms with E-state index in [1.165, 1.54) is 24.9 Å². The lowest BCUT2D eigenvalue weighted by Gasteiger charge is -2.24. The summed E-state index contributed by atoms with van der Waals surface area (Å²) >= 11 is 3.60. The third kappa shape index (κ3) is 3.51. The Bertz CT molecular complexity index is 476. The summed E-state index contributed by atoms with van der Waals surface area (Å²) in [6.45, 7) is 6.90. The Morgan fingerprint density at radius 2 is 2.11 bits per heavy atom. The van der Waals surface area contributed by atoms with Crippen LogP contribution in [0.1, 0.15) is 38.7 Å². The average molecular weight is 321 g/mol. The van der Waals surface area contributed by atoms with Gasteiger partial charge in [-0.1, -0.05) is 13.8 Å². The molecule has 1 heterocycles. The van der Waals surface area contributed by atoms with E-state index >= 15 is 0 Å². The van der Waals surface area contributed by atoms with Gasteiger partial charge in [-0.15, -0.1) is 0 Å². The summed E-state index contributed by atoms with van der Waals surface area (Å²) in [4.78, 5) is 2.45. The lowest BCUT2D eigenvalue weighted by Crippen LogP contribution is -2.24. The summed E-state index contributed by atoms with van der Waals surface area (Å²) < 4.78 is 1.04. The molecule has 3 heteroatoms. The van der Waals surface area contributed by atoms with Gasteiger partial charge in [0.15, 0.2) is 0 Å². The summed E-state index contributed by atoms with van der Waals surface area (Å²) in [6.07, 6.45) is 3.86. The molecule has 1 atom stereocenters. The van der Waals surface area contributed by atoms with E-state index in [1.807, 2.05) is 12.1 Å². The quantitative estimate of drug-likeness (QED) is 0.797. The van der Waals surface area contributed by atoms with E-state index < -0.39 is 0 Å². The molecule has 1 fully saturated rings. The van der Waals surface area contributed by atoms with Gasteiger partial charge >= 0.3 is 0 Å². The van der Waals surface area contributed by atoms with Crippen LogP contribution in [-0.2, 0) is 0 Å². The number of nitriles is 1. The summed E-state index contributed by atoms with van der Waals surface area (Å²) in [7, 11) is 0. The molecule has 1 aromatic carbocycles. The fourth-order valence-electron chi connectivity index (χ4n) is 2.86. The monoisotopic (exact) mass is 320 g/mol. The summed E-state index contributed by atoms with van der Waals surface area (Å²) in [5.74, 6) is 1.63. The SMILES string of the molecule is CC(C)C1CCCN(c2ccc(C#N)cc2Br)CC1. The minimum absolute atomic E-state index is 0.713. The molecule has 2 nitrogen and oxygen atoms in total. The molecule has 0 aromatic heterocycles. The molecular formula is C16H21BrN2. The van der Waals surface area contributed by atoms with Gasteiger partial charge in [0, 0.05) is 17.6 Å². The predicted octanol–water partition coefficient (Wildman–Crippen LogP) is 4.58. The van der Waals surface area contributed by atoms with Crippen molar-refractivity contribution in [3.63, 3.8) is 0 Å². The molecule has 102 valence electrons. The molecule has 2 rings (SSSR count). The standard InChI is InChI=1S/C16H21BrN2/c1-12(2)14-4-3-8-19(9-7-14)16-6-5-13(11-18)10-15(16)17/h5-6,10,12,14H,3-4,7-9H2,1-2H3. The molecule has 0 radical (unpaired) electrons. The summed E-state index contributed by atoms with van der Waals surface area (Å²) in [6, 6.07) is 8.08. The van der Waals surface area contributed by atoms with Crippen molar-refractivity contribution in [2.75, 3.05) is 18.0 Å². The predicted molar refractivity (Wildman–Crippen MR) is 83.2 cm³/mol. The lowest BCUT2D eigenvalue weighted by atomic mass is 9.89. The molecule has 0 bridgehead atoms. The van der Waals surface area contributed by atoms with Gasteiger partial charge in [-0.2, -0.15) is 5.26 Å². The highest BCUT2D eigenvalue weighted by molar-refractivity contribution is 9.10. The third-order valence-corrected chi connectivity index (χ3v) is 4.77. The molecule has 1 saturated heterocycles. The lowest BCUT2D eigenvalue weighted by molar-refractivity contribution is 0.351. The molecule has 1 unspecified atom stereocenters. The van der Waals surface area contributed by atoms with Gasteiger partial charge in [0.25, 0.3) is 0 Å². The third-order valence-electron chi connectivity index (χ3n) is 4.13. The van der Waals surface area contributed by atoms with Crippen LogP contribution in [0.2, 0.25) is 0 Å². The minimum atomic E-state index is 0.713. The van der Waals surface area contributed by atoms with Crippen LogP contribution in [0.25, 0.3) is 0 Å². The number of rotatable bonds is 2. The Hall–Kier alpha value is -1.01. The number of hydrogen-bond donors (Lipinski definition) is 0. The maximum Gasteiger partial charge on any atom is 0.0992 e. The molecule has 1 aromatic rings. The van der Waals surface area contributed by atoms with Crippen LogP contribution < -0.4 is 4.90 Å². The van der Waals surface area contributed by atoms with E-state index in [9.17, 15) is 0 Å². The second kappa shape index (κ2) is 6.43. The Labute approximate surface area is 124 Å². The Kier molecular flexibility index (Phi) is 4.87. The van der Waals surface area contributed by atoms with Crippen molar-refractivity contribution < 1.29 is 0 Å². The first-order chi connectivity index (χ1) is 9.11. The molecule has 0 amide bonds. The Balaban J connectivity index is 2.12.